The number of anilines is 2. The van der Waals surface area contributed by atoms with E-state index in [1.165, 1.54) is 11.3 Å². The van der Waals surface area contributed by atoms with Gasteiger partial charge in [0.05, 0.1) is 28.1 Å². The minimum absolute atomic E-state index is 0.0155. The molecule has 3 N–H and O–H groups in total. The number of nitrogens with one attached hydrogen (secondary N) is 1. The Kier molecular flexibility index (Phi) is 5.97. The Labute approximate surface area is 188 Å². The number of aromatic nitrogens is 3. The molecule has 0 bridgehead atoms. The Bertz CT molecular complexity index is 1220. The van der Waals surface area contributed by atoms with Crippen molar-refractivity contribution in [2.45, 2.75) is 26.9 Å². The van der Waals surface area contributed by atoms with Crippen LogP contribution in [0.2, 0.25) is 0 Å². The van der Waals surface area contributed by atoms with E-state index in [-0.39, 0.29) is 6.10 Å². The first-order valence-corrected chi connectivity index (χ1v) is 11.3. The third-order valence-corrected chi connectivity index (χ3v) is 6.32. The van der Waals surface area contributed by atoms with Gasteiger partial charge in [0.15, 0.2) is 5.13 Å². The number of carbonyl (C=O) groups excluding carboxylic acids is 1. The molecule has 0 atom stereocenters. The maximum Gasteiger partial charge on any atom is 0.248 e. The SMILES string of the molecule is Cc1nc(-c2ccncc2)sc1-c1csc(Nc2cc(C(N)=O)ccc2OC(C)C)n1. The highest BCUT2D eigenvalue weighted by Gasteiger charge is 2.16. The lowest BCUT2D eigenvalue weighted by molar-refractivity contribution is 0.100. The van der Waals surface area contributed by atoms with Gasteiger partial charge in [-0.2, -0.15) is 0 Å². The number of thiazole rings is 2. The van der Waals surface area contributed by atoms with Crippen molar-refractivity contribution < 1.29 is 9.53 Å². The van der Waals surface area contributed by atoms with Gasteiger partial charge < -0.3 is 15.8 Å². The minimum atomic E-state index is -0.497. The standard InChI is InChI=1S/C22H21N5O2S2/c1-12(2)29-18-5-4-15(20(23)28)10-16(18)26-22-27-17(11-30-22)19-13(3)25-21(31-19)14-6-8-24-9-7-14/h4-12H,1-3H3,(H2,23,28)(H,26,27). The zero-order chi connectivity index (χ0) is 22.0. The average Bonchev–Trinajstić information content (AvgIpc) is 3.36. The average molecular weight is 452 g/mol. The quantitative estimate of drug-likeness (QED) is 0.397. The second kappa shape index (κ2) is 8.83. The van der Waals surface area contributed by atoms with Gasteiger partial charge in [-0.3, -0.25) is 9.78 Å². The molecule has 1 amide bonds. The van der Waals surface area contributed by atoms with E-state index < -0.39 is 5.91 Å². The number of benzene rings is 1. The largest absolute Gasteiger partial charge is 0.489 e. The van der Waals surface area contributed by atoms with Gasteiger partial charge in [-0.05, 0) is 51.1 Å². The van der Waals surface area contributed by atoms with Crippen molar-refractivity contribution in [3.8, 4) is 26.9 Å². The summed E-state index contributed by atoms with van der Waals surface area (Å²) in [5.41, 5.74) is 9.29. The van der Waals surface area contributed by atoms with E-state index in [1.54, 1.807) is 41.9 Å². The van der Waals surface area contributed by atoms with E-state index in [9.17, 15) is 4.79 Å². The number of pyridine rings is 1. The van der Waals surface area contributed by atoms with Gasteiger partial charge in [-0.1, -0.05) is 0 Å². The minimum Gasteiger partial charge on any atom is -0.489 e. The summed E-state index contributed by atoms with van der Waals surface area (Å²) in [5.74, 6) is 0.133. The van der Waals surface area contributed by atoms with E-state index in [2.05, 4.69) is 10.3 Å². The monoisotopic (exact) mass is 451 g/mol. The second-order valence-corrected chi connectivity index (χ2v) is 8.93. The molecule has 3 aromatic heterocycles. The first kappa shape index (κ1) is 21.0. The highest BCUT2D eigenvalue weighted by molar-refractivity contribution is 7.19. The van der Waals surface area contributed by atoms with Crippen LogP contribution >= 0.6 is 22.7 Å². The number of aryl methyl sites for hydroxylation is 1. The van der Waals surface area contributed by atoms with Gasteiger partial charge >= 0.3 is 0 Å². The maximum absolute atomic E-state index is 11.6. The van der Waals surface area contributed by atoms with Gasteiger partial charge in [-0.15, -0.1) is 22.7 Å². The van der Waals surface area contributed by atoms with Crippen LogP contribution in [-0.2, 0) is 0 Å². The van der Waals surface area contributed by atoms with Crippen molar-refractivity contribution >= 4 is 39.4 Å². The van der Waals surface area contributed by atoms with Crippen LogP contribution in [0.1, 0.15) is 29.9 Å². The Morgan fingerprint density at radius 3 is 2.65 bits per heavy atom. The molecule has 0 fully saturated rings. The zero-order valence-electron chi connectivity index (χ0n) is 17.2. The van der Waals surface area contributed by atoms with E-state index in [4.69, 9.17) is 20.4 Å². The Balaban J connectivity index is 1.62. The normalized spacial score (nSPS) is 11.0. The highest BCUT2D eigenvalue weighted by atomic mass is 32.1. The zero-order valence-corrected chi connectivity index (χ0v) is 18.9. The molecular weight excluding hydrogens is 430 g/mol. The number of hydrogen-bond acceptors (Lipinski definition) is 8. The molecule has 0 spiro atoms. The van der Waals surface area contributed by atoms with Crippen LogP contribution in [0, 0.1) is 6.92 Å². The molecule has 158 valence electrons. The van der Waals surface area contributed by atoms with Crippen molar-refractivity contribution in [1.82, 2.24) is 15.0 Å². The summed E-state index contributed by atoms with van der Waals surface area (Å²) in [6.45, 7) is 5.87. The lowest BCUT2D eigenvalue weighted by Gasteiger charge is -2.15. The van der Waals surface area contributed by atoms with Gasteiger partial charge in [-0.25, -0.2) is 9.97 Å². The van der Waals surface area contributed by atoms with Crippen LogP contribution in [0.15, 0.2) is 48.1 Å². The Morgan fingerprint density at radius 2 is 1.94 bits per heavy atom. The van der Waals surface area contributed by atoms with E-state index in [1.807, 2.05) is 38.3 Å². The molecule has 0 radical (unpaired) electrons. The molecular formula is C22H21N5O2S2. The van der Waals surface area contributed by atoms with Crippen molar-refractivity contribution in [3.63, 3.8) is 0 Å². The fourth-order valence-electron chi connectivity index (χ4n) is 2.94. The molecule has 1 aromatic carbocycles. The topological polar surface area (TPSA) is 103 Å². The summed E-state index contributed by atoms with van der Waals surface area (Å²) in [6, 6.07) is 8.96. The lowest BCUT2D eigenvalue weighted by atomic mass is 10.1. The van der Waals surface area contributed by atoms with Crippen LogP contribution < -0.4 is 15.8 Å². The van der Waals surface area contributed by atoms with Crippen molar-refractivity contribution in [2.75, 3.05) is 5.32 Å². The maximum atomic E-state index is 11.6. The summed E-state index contributed by atoms with van der Waals surface area (Å²) >= 11 is 3.06. The number of nitrogens with two attached hydrogens (primary N) is 1. The van der Waals surface area contributed by atoms with E-state index in [0.29, 0.717) is 22.1 Å². The summed E-state index contributed by atoms with van der Waals surface area (Å²) < 4.78 is 5.86. The smallest absolute Gasteiger partial charge is 0.248 e. The number of primary amides is 1. The van der Waals surface area contributed by atoms with Crippen LogP contribution in [0.4, 0.5) is 10.8 Å². The highest BCUT2D eigenvalue weighted by Crippen LogP contribution is 2.38. The number of ether oxygens (including phenoxy) is 1. The molecule has 31 heavy (non-hydrogen) atoms. The third-order valence-electron chi connectivity index (χ3n) is 4.33. The molecule has 0 aliphatic carbocycles. The van der Waals surface area contributed by atoms with Crippen molar-refractivity contribution in [2.24, 2.45) is 5.73 Å². The molecule has 0 unspecified atom stereocenters. The van der Waals surface area contributed by atoms with Crippen LogP contribution in [0.3, 0.4) is 0 Å². The van der Waals surface area contributed by atoms with Crippen LogP contribution in [0.25, 0.3) is 21.1 Å². The molecule has 0 aliphatic rings. The Morgan fingerprint density at radius 1 is 1.16 bits per heavy atom. The lowest BCUT2D eigenvalue weighted by Crippen LogP contribution is -2.12. The fourth-order valence-corrected chi connectivity index (χ4v) is 4.76. The van der Waals surface area contributed by atoms with Gasteiger partial charge in [0.25, 0.3) is 0 Å². The van der Waals surface area contributed by atoms with Gasteiger partial charge in [0.1, 0.15) is 10.8 Å². The molecule has 0 saturated heterocycles. The number of hydrogen-bond donors (Lipinski definition) is 2. The number of nitrogens with zero attached hydrogens (tertiary/aromatic N) is 3. The fraction of sp³-hybridized carbons (Fsp3) is 0.182. The summed E-state index contributed by atoms with van der Waals surface area (Å²) in [5, 5.41) is 6.87. The predicted octanol–water partition coefficient (Wildman–Crippen LogP) is 5.27. The summed E-state index contributed by atoms with van der Waals surface area (Å²) in [7, 11) is 0. The molecule has 0 saturated carbocycles. The van der Waals surface area contributed by atoms with E-state index in [0.717, 1.165) is 26.8 Å². The van der Waals surface area contributed by atoms with Crippen molar-refractivity contribution in [1.29, 1.82) is 0 Å². The third kappa shape index (κ3) is 4.73. The van der Waals surface area contributed by atoms with Crippen molar-refractivity contribution in [3.05, 3.63) is 59.4 Å². The molecule has 4 aromatic rings. The number of carbonyl (C=O) groups is 1. The van der Waals surface area contributed by atoms with Gasteiger partial charge in [0.2, 0.25) is 5.91 Å². The van der Waals surface area contributed by atoms with Gasteiger partial charge in [0, 0.05) is 28.9 Å². The molecule has 9 heteroatoms. The van der Waals surface area contributed by atoms with E-state index >= 15 is 0 Å². The summed E-state index contributed by atoms with van der Waals surface area (Å²) in [6.07, 6.45) is 3.50. The number of amides is 1. The van der Waals surface area contributed by atoms with Crippen LogP contribution in [0.5, 0.6) is 5.75 Å². The molecule has 3 heterocycles. The Hall–Kier alpha value is -3.30. The number of rotatable bonds is 7. The first-order chi connectivity index (χ1) is 14.9. The molecule has 7 nitrogen and oxygen atoms in total. The first-order valence-electron chi connectivity index (χ1n) is 9.62. The predicted molar refractivity (Wildman–Crippen MR) is 125 cm³/mol. The van der Waals surface area contributed by atoms with Crippen LogP contribution in [-0.4, -0.2) is 27.0 Å². The summed E-state index contributed by atoms with van der Waals surface area (Å²) in [4.78, 5) is 26.1. The second-order valence-electron chi connectivity index (χ2n) is 7.07. The molecule has 4 rings (SSSR count). The molecule has 0 aliphatic heterocycles.